The summed E-state index contributed by atoms with van der Waals surface area (Å²) in [5, 5.41) is 16.2. The summed E-state index contributed by atoms with van der Waals surface area (Å²) >= 11 is 7.60. The van der Waals surface area contributed by atoms with E-state index >= 15 is 0 Å². The first kappa shape index (κ1) is 18.4. The fraction of sp³-hybridized carbons (Fsp3) is 0.278. The molecule has 1 aliphatic heterocycles. The summed E-state index contributed by atoms with van der Waals surface area (Å²) in [7, 11) is 2.07. The number of carbonyl (C=O) groups excluding carboxylic acids is 1. The number of nitrogens with one attached hydrogen (secondary N) is 2. The van der Waals surface area contributed by atoms with Crippen molar-refractivity contribution in [3.05, 3.63) is 51.1 Å². The van der Waals surface area contributed by atoms with Gasteiger partial charge in [0, 0.05) is 41.3 Å². The van der Waals surface area contributed by atoms with Crippen LogP contribution >= 0.6 is 22.9 Å². The van der Waals surface area contributed by atoms with Crippen LogP contribution in [0.25, 0.3) is 0 Å². The molecule has 0 unspecified atom stereocenters. The topological polar surface area (TPSA) is 81.0 Å². The van der Waals surface area contributed by atoms with Gasteiger partial charge in [-0.2, -0.15) is 5.26 Å². The number of benzene rings is 1. The minimum Gasteiger partial charge on any atom is -0.337 e. The minimum absolute atomic E-state index is 0.0352. The molecular formula is C18H18ClN5OS. The van der Waals surface area contributed by atoms with Crippen molar-refractivity contribution in [3.8, 4) is 6.07 Å². The highest BCUT2D eigenvalue weighted by Crippen LogP contribution is 2.28. The number of rotatable bonds is 4. The molecule has 6 nitrogen and oxygen atoms in total. The van der Waals surface area contributed by atoms with Gasteiger partial charge < -0.3 is 15.5 Å². The highest BCUT2D eigenvalue weighted by atomic mass is 35.5. The fourth-order valence-corrected chi connectivity index (χ4v) is 3.77. The number of hydrogen-bond acceptors (Lipinski definition) is 6. The summed E-state index contributed by atoms with van der Waals surface area (Å²) in [6, 6.07) is 7.12. The number of nitriles is 1. The highest BCUT2D eigenvalue weighted by Gasteiger charge is 2.18. The zero-order valence-electron chi connectivity index (χ0n) is 14.5. The fourth-order valence-electron chi connectivity index (χ4n) is 2.54. The summed E-state index contributed by atoms with van der Waals surface area (Å²) in [5.74, 6) is -0.499. The molecule has 0 radical (unpaired) electrons. The van der Waals surface area contributed by atoms with Crippen molar-refractivity contribution in [1.29, 1.82) is 5.26 Å². The van der Waals surface area contributed by atoms with E-state index in [0.29, 0.717) is 15.8 Å². The first-order valence-corrected chi connectivity index (χ1v) is 9.27. The van der Waals surface area contributed by atoms with E-state index in [-0.39, 0.29) is 5.57 Å². The van der Waals surface area contributed by atoms with Gasteiger partial charge in [-0.05, 0) is 31.7 Å². The standard InChI is InChI=1S/C18H18ClN5OS/c1-11-3-4-13(7-14(11)19)22-17(25)12(8-20)9-21-18-23-15-5-6-24(2)10-16(15)26-18/h3-4,7,9H,5-6,10H2,1-2H3,(H,21,23)(H,22,25)/b12-9-. The molecule has 0 saturated heterocycles. The van der Waals surface area contributed by atoms with Crippen molar-refractivity contribution in [3.63, 3.8) is 0 Å². The number of amides is 1. The van der Waals surface area contributed by atoms with E-state index in [1.165, 1.54) is 11.1 Å². The molecule has 1 amide bonds. The first-order valence-electron chi connectivity index (χ1n) is 8.07. The Hall–Kier alpha value is -2.40. The van der Waals surface area contributed by atoms with Gasteiger partial charge in [0.05, 0.1) is 5.69 Å². The molecule has 2 N–H and O–H groups in total. The summed E-state index contributed by atoms with van der Waals surface area (Å²) in [6.45, 7) is 3.74. The Morgan fingerprint density at radius 2 is 2.31 bits per heavy atom. The van der Waals surface area contributed by atoms with Gasteiger partial charge >= 0.3 is 0 Å². The molecule has 0 atom stereocenters. The number of anilines is 2. The Morgan fingerprint density at radius 3 is 3.04 bits per heavy atom. The van der Waals surface area contributed by atoms with Crippen molar-refractivity contribution in [2.75, 3.05) is 24.2 Å². The molecule has 0 aliphatic carbocycles. The second kappa shape index (κ2) is 7.87. The van der Waals surface area contributed by atoms with Crippen molar-refractivity contribution in [1.82, 2.24) is 9.88 Å². The summed E-state index contributed by atoms with van der Waals surface area (Å²) in [5.41, 5.74) is 2.51. The van der Waals surface area contributed by atoms with Gasteiger partial charge in [-0.25, -0.2) is 4.98 Å². The van der Waals surface area contributed by atoms with E-state index < -0.39 is 5.91 Å². The van der Waals surface area contributed by atoms with Crippen LogP contribution in [0.1, 0.15) is 16.1 Å². The van der Waals surface area contributed by atoms with Crippen molar-refractivity contribution >= 4 is 39.7 Å². The summed E-state index contributed by atoms with van der Waals surface area (Å²) in [6.07, 6.45) is 2.30. The molecule has 134 valence electrons. The lowest BCUT2D eigenvalue weighted by Gasteiger charge is -2.20. The Morgan fingerprint density at radius 1 is 1.50 bits per heavy atom. The SMILES string of the molecule is Cc1ccc(NC(=O)/C(C#N)=C\Nc2nc3c(s2)CN(C)CC3)cc1Cl. The maximum atomic E-state index is 12.3. The van der Waals surface area contributed by atoms with Gasteiger partial charge in [0.1, 0.15) is 11.6 Å². The van der Waals surface area contributed by atoms with Crippen LogP contribution in [0, 0.1) is 18.3 Å². The largest absolute Gasteiger partial charge is 0.337 e. The molecule has 1 aromatic carbocycles. The summed E-state index contributed by atoms with van der Waals surface area (Å²) < 4.78 is 0. The Bertz CT molecular complexity index is 915. The van der Waals surface area contributed by atoms with E-state index in [1.807, 2.05) is 19.1 Å². The molecule has 1 aromatic heterocycles. The quantitative estimate of drug-likeness (QED) is 0.619. The lowest BCUT2D eigenvalue weighted by atomic mass is 10.2. The lowest BCUT2D eigenvalue weighted by Crippen LogP contribution is -2.25. The molecule has 8 heteroatoms. The molecule has 2 aromatic rings. The van der Waals surface area contributed by atoms with Crippen molar-refractivity contribution < 1.29 is 4.79 Å². The third kappa shape index (κ3) is 4.22. The van der Waals surface area contributed by atoms with E-state index in [0.717, 1.165) is 30.8 Å². The van der Waals surface area contributed by atoms with Gasteiger partial charge in [0.15, 0.2) is 5.13 Å². The molecule has 0 bridgehead atoms. The summed E-state index contributed by atoms with van der Waals surface area (Å²) in [4.78, 5) is 20.3. The second-order valence-corrected chi connectivity index (χ2v) is 7.60. The number of likely N-dealkylation sites (N-methyl/N-ethyl adjacent to an activating group) is 1. The van der Waals surface area contributed by atoms with Crippen LogP contribution in [0.2, 0.25) is 5.02 Å². The van der Waals surface area contributed by atoms with Crippen LogP contribution in [0.15, 0.2) is 30.0 Å². The van der Waals surface area contributed by atoms with Crippen LogP contribution in [-0.4, -0.2) is 29.4 Å². The third-order valence-electron chi connectivity index (χ3n) is 4.06. The number of nitrogens with zero attached hydrogens (tertiary/aromatic N) is 3. The zero-order valence-corrected chi connectivity index (χ0v) is 16.0. The van der Waals surface area contributed by atoms with Gasteiger partial charge in [-0.15, -0.1) is 11.3 Å². The monoisotopic (exact) mass is 387 g/mol. The Labute approximate surface area is 161 Å². The minimum atomic E-state index is -0.499. The molecule has 0 spiro atoms. The average molecular weight is 388 g/mol. The van der Waals surface area contributed by atoms with Crippen molar-refractivity contribution in [2.24, 2.45) is 0 Å². The maximum absolute atomic E-state index is 12.3. The Balaban J connectivity index is 1.69. The highest BCUT2D eigenvalue weighted by molar-refractivity contribution is 7.15. The van der Waals surface area contributed by atoms with Crippen LogP contribution < -0.4 is 10.6 Å². The maximum Gasteiger partial charge on any atom is 0.267 e. The average Bonchev–Trinajstić information content (AvgIpc) is 3.00. The zero-order chi connectivity index (χ0) is 18.7. The smallest absolute Gasteiger partial charge is 0.267 e. The molecule has 3 rings (SSSR count). The molecule has 1 aliphatic rings. The number of fused-ring (bicyclic) bond motifs is 1. The molecular weight excluding hydrogens is 370 g/mol. The molecule has 0 saturated carbocycles. The van der Waals surface area contributed by atoms with Crippen LogP contribution in [-0.2, 0) is 17.8 Å². The van der Waals surface area contributed by atoms with E-state index in [4.69, 9.17) is 11.6 Å². The van der Waals surface area contributed by atoms with E-state index in [1.54, 1.807) is 23.5 Å². The number of aromatic nitrogens is 1. The van der Waals surface area contributed by atoms with Crippen LogP contribution in [0.3, 0.4) is 0 Å². The van der Waals surface area contributed by atoms with Crippen molar-refractivity contribution in [2.45, 2.75) is 19.9 Å². The van der Waals surface area contributed by atoms with Gasteiger partial charge in [-0.1, -0.05) is 17.7 Å². The normalized spacial score (nSPS) is 14.5. The van der Waals surface area contributed by atoms with Gasteiger partial charge in [0.2, 0.25) is 0 Å². The predicted molar refractivity (Wildman–Crippen MR) is 104 cm³/mol. The molecule has 0 fully saturated rings. The van der Waals surface area contributed by atoms with Crippen LogP contribution in [0.5, 0.6) is 0 Å². The molecule has 26 heavy (non-hydrogen) atoms. The lowest BCUT2D eigenvalue weighted by molar-refractivity contribution is -0.112. The third-order valence-corrected chi connectivity index (χ3v) is 5.48. The first-order chi connectivity index (χ1) is 12.5. The number of thiazole rings is 1. The van der Waals surface area contributed by atoms with Gasteiger partial charge in [-0.3, -0.25) is 4.79 Å². The van der Waals surface area contributed by atoms with E-state index in [9.17, 15) is 10.1 Å². The Kier molecular flexibility index (Phi) is 5.57. The van der Waals surface area contributed by atoms with E-state index in [2.05, 4.69) is 27.6 Å². The number of aryl methyl sites for hydroxylation is 1. The number of halogens is 1. The predicted octanol–water partition coefficient (Wildman–Crippen LogP) is 3.55. The second-order valence-electron chi connectivity index (χ2n) is 6.11. The number of hydrogen-bond donors (Lipinski definition) is 2. The van der Waals surface area contributed by atoms with Gasteiger partial charge in [0.25, 0.3) is 5.91 Å². The van der Waals surface area contributed by atoms with Crippen LogP contribution in [0.4, 0.5) is 10.8 Å². The number of carbonyl (C=O) groups is 1. The molecule has 2 heterocycles.